The average molecular weight is 529 g/mol. The number of aryl methyl sites for hydroxylation is 1. The summed E-state index contributed by atoms with van der Waals surface area (Å²) >= 11 is 0. The van der Waals surface area contributed by atoms with Crippen molar-refractivity contribution in [3.05, 3.63) is 59.3 Å². The highest BCUT2D eigenvalue weighted by molar-refractivity contribution is 7.89. The van der Waals surface area contributed by atoms with Gasteiger partial charge in [0, 0.05) is 30.8 Å². The second kappa shape index (κ2) is 10.7. The highest BCUT2D eigenvalue weighted by Crippen LogP contribution is 2.36. The highest BCUT2D eigenvalue weighted by atomic mass is 32.2. The third-order valence-electron chi connectivity index (χ3n) is 5.80. The molecule has 0 atom stereocenters. The topological polar surface area (TPSA) is 149 Å². The second-order valence-corrected chi connectivity index (χ2v) is 10.5. The number of hydrogen-bond acceptors (Lipinski definition) is 7. The molecule has 1 aliphatic rings. The molecule has 0 aliphatic heterocycles. The Labute approximate surface area is 214 Å². The molecule has 196 valence electrons. The number of ether oxygens (including phenoxy) is 2. The smallest absolute Gasteiger partial charge is 0.356 e. The van der Waals surface area contributed by atoms with E-state index in [1.165, 1.54) is 36.9 Å². The van der Waals surface area contributed by atoms with Gasteiger partial charge in [-0.25, -0.2) is 17.9 Å². The maximum absolute atomic E-state index is 13.2. The number of amides is 1. The minimum Gasteiger partial charge on any atom is -0.476 e. The Morgan fingerprint density at radius 2 is 1.84 bits per heavy atom. The normalized spacial score (nSPS) is 13.4. The monoisotopic (exact) mass is 528 g/mol. The van der Waals surface area contributed by atoms with Gasteiger partial charge in [0.25, 0.3) is 0 Å². The molecule has 1 heterocycles. The summed E-state index contributed by atoms with van der Waals surface area (Å²) in [4.78, 5) is 23.9. The van der Waals surface area contributed by atoms with Gasteiger partial charge in [-0.05, 0) is 57.0 Å². The van der Waals surface area contributed by atoms with E-state index in [9.17, 15) is 23.1 Å². The first-order valence-corrected chi connectivity index (χ1v) is 13.1. The number of sulfonamides is 1. The molecule has 0 spiro atoms. The van der Waals surface area contributed by atoms with E-state index in [0.717, 1.165) is 18.4 Å². The largest absolute Gasteiger partial charge is 0.476 e. The maximum atomic E-state index is 13.2. The van der Waals surface area contributed by atoms with Gasteiger partial charge in [-0.3, -0.25) is 4.79 Å². The van der Waals surface area contributed by atoms with Crippen LogP contribution in [0.4, 0.5) is 5.69 Å². The molecule has 0 bridgehead atoms. The molecular formula is C25H28N4O7S. The van der Waals surface area contributed by atoms with E-state index >= 15 is 0 Å². The van der Waals surface area contributed by atoms with Crippen molar-refractivity contribution in [3.63, 3.8) is 0 Å². The number of carboxylic acid groups (broad SMARTS) is 1. The fourth-order valence-corrected chi connectivity index (χ4v) is 4.76. The lowest BCUT2D eigenvalue weighted by molar-refractivity contribution is -0.117. The van der Waals surface area contributed by atoms with Gasteiger partial charge in [-0.15, -0.1) is 0 Å². The van der Waals surface area contributed by atoms with Crippen LogP contribution in [0.15, 0.2) is 47.4 Å². The summed E-state index contributed by atoms with van der Waals surface area (Å²) in [6, 6.07) is 11.4. The molecule has 0 saturated heterocycles. The van der Waals surface area contributed by atoms with Crippen LogP contribution in [0.2, 0.25) is 0 Å². The molecule has 1 aliphatic carbocycles. The number of carbonyl (C=O) groups excluding carboxylic acids is 1. The number of benzene rings is 2. The molecule has 4 rings (SSSR count). The van der Waals surface area contributed by atoms with Crippen molar-refractivity contribution in [3.8, 4) is 17.3 Å². The minimum atomic E-state index is -4.10. The van der Waals surface area contributed by atoms with E-state index in [-0.39, 0.29) is 52.8 Å². The number of nitrogens with one attached hydrogen (secondary N) is 2. The molecule has 1 aromatic heterocycles. The number of hydrogen-bond donors (Lipinski definition) is 3. The molecule has 1 saturated carbocycles. The van der Waals surface area contributed by atoms with E-state index in [4.69, 9.17) is 9.47 Å². The number of methoxy groups -OCH3 is 1. The lowest BCUT2D eigenvalue weighted by Gasteiger charge is -2.16. The Kier molecular flexibility index (Phi) is 7.62. The number of carbonyl (C=O) groups is 2. The summed E-state index contributed by atoms with van der Waals surface area (Å²) in [7, 11) is -2.65. The van der Waals surface area contributed by atoms with Crippen LogP contribution in [0.3, 0.4) is 0 Å². The first-order valence-electron chi connectivity index (χ1n) is 11.6. The van der Waals surface area contributed by atoms with Gasteiger partial charge in [0.2, 0.25) is 21.8 Å². The van der Waals surface area contributed by atoms with Crippen LogP contribution in [0.25, 0.3) is 5.69 Å². The molecule has 1 amide bonds. The van der Waals surface area contributed by atoms with Crippen molar-refractivity contribution < 1.29 is 32.6 Å². The Hall–Kier alpha value is -3.74. The van der Waals surface area contributed by atoms with Crippen molar-refractivity contribution in [1.29, 1.82) is 0 Å². The Balaban J connectivity index is 1.78. The van der Waals surface area contributed by atoms with Gasteiger partial charge in [0.15, 0.2) is 5.69 Å². The van der Waals surface area contributed by atoms with Gasteiger partial charge in [0.1, 0.15) is 10.6 Å². The van der Waals surface area contributed by atoms with Crippen molar-refractivity contribution in [2.24, 2.45) is 5.92 Å². The van der Waals surface area contributed by atoms with Crippen LogP contribution in [0.1, 0.15) is 34.5 Å². The zero-order valence-corrected chi connectivity index (χ0v) is 21.5. The van der Waals surface area contributed by atoms with Crippen LogP contribution in [-0.2, 0) is 19.6 Å². The molecule has 3 aromatic rings. The zero-order chi connectivity index (χ0) is 26.7. The average Bonchev–Trinajstić information content (AvgIpc) is 3.65. The van der Waals surface area contributed by atoms with E-state index in [0.29, 0.717) is 11.4 Å². The SMILES string of the molecule is COCCNS(=O)(=O)c1cc(NC(=O)C2CC2)ccc1Oc1c(C)c(C(=O)O)nn1-c1ccc(C)cc1. The molecule has 12 heteroatoms. The lowest BCUT2D eigenvalue weighted by Crippen LogP contribution is -2.27. The standard InChI is InChI=1S/C25H28N4O7S/c1-15-4-9-19(10-5-15)29-24(16(2)22(28-29)25(31)32)36-20-11-8-18(27-23(30)17-6-7-17)14-21(20)37(33,34)26-12-13-35-3/h4-5,8-11,14,17,26H,6-7,12-13H2,1-3H3,(H,27,30)(H,31,32). The predicted octanol–water partition coefficient (Wildman–Crippen LogP) is 3.25. The van der Waals surface area contributed by atoms with Gasteiger partial charge < -0.3 is 19.9 Å². The summed E-state index contributed by atoms with van der Waals surface area (Å²) in [5, 5.41) is 16.6. The maximum Gasteiger partial charge on any atom is 0.356 e. The molecule has 3 N–H and O–H groups in total. The number of nitrogens with zero attached hydrogens (tertiary/aromatic N) is 2. The van der Waals surface area contributed by atoms with Crippen LogP contribution < -0.4 is 14.8 Å². The molecule has 2 aromatic carbocycles. The molecule has 1 fully saturated rings. The van der Waals surface area contributed by atoms with Gasteiger partial charge in [0.05, 0.1) is 12.3 Å². The number of aromatic carboxylic acids is 1. The Bertz CT molecular complexity index is 1430. The number of anilines is 1. The third kappa shape index (κ3) is 5.98. The molecule has 37 heavy (non-hydrogen) atoms. The zero-order valence-electron chi connectivity index (χ0n) is 20.6. The summed E-state index contributed by atoms with van der Waals surface area (Å²) in [5.74, 6) is -1.52. The third-order valence-corrected chi connectivity index (χ3v) is 7.29. The summed E-state index contributed by atoms with van der Waals surface area (Å²) in [6.07, 6.45) is 1.59. The fourth-order valence-electron chi connectivity index (χ4n) is 3.59. The summed E-state index contributed by atoms with van der Waals surface area (Å²) < 4.78 is 41.2. The second-order valence-electron chi connectivity index (χ2n) is 8.75. The van der Waals surface area contributed by atoms with Crippen molar-refractivity contribution in [2.75, 3.05) is 25.6 Å². The van der Waals surface area contributed by atoms with Gasteiger partial charge >= 0.3 is 5.97 Å². The predicted molar refractivity (Wildman–Crippen MR) is 135 cm³/mol. The first-order chi connectivity index (χ1) is 17.6. The molecular weight excluding hydrogens is 500 g/mol. The Morgan fingerprint density at radius 3 is 2.46 bits per heavy atom. The number of aromatic nitrogens is 2. The number of carboxylic acids is 1. The van der Waals surface area contributed by atoms with Crippen LogP contribution in [0.5, 0.6) is 11.6 Å². The fraction of sp³-hybridized carbons (Fsp3) is 0.320. The van der Waals surface area contributed by atoms with Crippen LogP contribution in [-0.4, -0.2) is 55.4 Å². The minimum absolute atomic E-state index is 0.0143. The molecule has 0 unspecified atom stereocenters. The quantitative estimate of drug-likeness (QED) is 0.321. The van der Waals surface area contributed by atoms with Gasteiger partial charge in [-0.1, -0.05) is 17.7 Å². The molecule has 11 nitrogen and oxygen atoms in total. The Morgan fingerprint density at radius 1 is 1.14 bits per heavy atom. The highest BCUT2D eigenvalue weighted by Gasteiger charge is 2.30. The van der Waals surface area contributed by atoms with Crippen molar-refractivity contribution in [1.82, 2.24) is 14.5 Å². The van der Waals surface area contributed by atoms with E-state index in [1.54, 1.807) is 12.1 Å². The van der Waals surface area contributed by atoms with Crippen molar-refractivity contribution in [2.45, 2.75) is 31.6 Å². The van der Waals surface area contributed by atoms with Crippen LogP contribution in [0, 0.1) is 19.8 Å². The van der Waals surface area contributed by atoms with Gasteiger partial charge in [-0.2, -0.15) is 9.78 Å². The van der Waals surface area contributed by atoms with E-state index < -0.39 is 16.0 Å². The van der Waals surface area contributed by atoms with Crippen molar-refractivity contribution >= 4 is 27.6 Å². The lowest BCUT2D eigenvalue weighted by atomic mass is 10.2. The summed E-state index contributed by atoms with van der Waals surface area (Å²) in [5.41, 5.74) is 1.81. The number of rotatable bonds is 11. The molecule has 0 radical (unpaired) electrons. The first kappa shape index (κ1) is 26.3. The van der Waals surface area contributed by atoms with E-state index in [2.05, 4.69) is 15.1 Å². The van der Waals surface area contributed by atoms with Crippen LogP contribution >= 0.6 is 0 Å². The van der Waals surface area contributed by atoms with E-state index in [1.807, 2.05) is 19.1 Å². The summed E-state index contributed by atoms with van der Waals surface area (Å²) in [6.45, 7) is 3.61.